The normalized spacial score (nSPS) is 26.2. The summed E-state index contributed by atoms with van der Waals surface area (Å²) in [5.74, 6) is 2.42. The molecule has 2 aliphatic heterocycles. The summed E-state index contributed by atoms with van der Waals surface area (Å²) in [6.07, 6.45) is 1.57. The van der Waals surface area contributed by atoms with Crippen molar-refractivity contribution >= 4 is 17.8 Å². The van der Waals surface area contributed by atoms with Crippen LogP contribution in [0.15, 0.2) is 24.3 Å². The summed E-state index contributed by atoms with van der Waals surface area (Å²) in [5.41, 5.74) is 25.9. The Labute approximate surface area is 188 Å². The Morgan fingerprint density at radius 2 is 1.28 bits per heavy atom. The van der Waals surface area contributed by atoms with Crippen molar-refractivity contribution in [3.63, 3.8) is 0 Å². The van der Waals surface area contributed by atoms with Crippen molar-refractivity contribution in [3.8, 4) is 5.75 Å². The highest BCUT2D eigenvalue weighted by Gasteiger charge is 2.28. The molecule has 4 rings (SSSR count). The summed E-state index contributed by atoms with van der Waals surface area (Å²) in [5, 5.41) is 3.32. The first-order valence-corrected chi connectivity index (χ1v) is 11.0. The van der Waals surface area contributed by atoms with E-state index >= 15 is 0 Å². The van der Waals surface area contributed by atoms with Crippen molar-refractivity contribution in [2.75, 3.05) is 48.4 Å². The number of nitrogens with one attached hydrogen (secondary N) is 1. The molecule has 0 bridgehead atoms. The Bertz CT molecular complexity index is 830. The molecule has 0 amide bonds. The fourth-order valence-electron chi connectivity index (χ4n) is 4.32. The summed E-state index contributed by atoms with van der Waals surface area (Å²) < 4.78 is 5.23. The van der Waals surface area contributed by atoms with Crippen LogP contribution in [0.3, 0.4) is 0 Å². The molecule has 0 unspecified atom stereocenters. The van der Waals surface area contributed by atoms with E-state index in [9.17, 15) is 0 Å². The van der Waals surface area contributed by atoms with Gasteiger partial charge in [0.05, 0.1) is 7.11 Å². The molecule has 0 radical (unpaired) electrons. The second-order valence-corrected chi connectivity index (χ2v) is 8.78. The summed E-state index contributed by atoms with van der Waals surface area (Å²) in [6.45, 7) is 3.15. The molecular formula is C21H34N10O. The van der Waals surface area contributed by atoms with E-state index < -0.39 is 0 Å². The van der Waals surface area contributed by atoms with Crippen LogP contribution in [-0.4, -0.2) is 72.4 Å². The van der Waals surface area contributed by atoms with Crippen molar-refractivity contribution in [2.24, 2.45) is 22.9 Å². The molecule has 11 nitrogen and oxygen atoms in total. The highest BCUT2D eigenvalue weighted by Crippen LogP contribution is 2.22. The minimum Gasteiger partial charge on any atom is -0.497 e. The zero-order valence-electron chi connectivity index (χ0n) is 18.5. The Morgan fingerprint density at radius 3 is 1.72 bits per heavy atom. The molecule has 4 atom stereocenters. The van der Waals surface area contributed by atoms with Crippen LogP contribution in [-0.2, 0) is 6.54 Å². The number of aromatic nitrogens is 3. The largest absolute Gasteiger partial charge is 0.497 e. The van der Waals surface area contributed by atoms with Crippen LogP contribution in [0.4, 0.5) is 17.8 Å². The molecule has 2 aliphatic rings. The van der Waals surface area contributed by atoms with Crippen LogP contribution in [0.1, 0.15) is 18.4 Å². The number of anilines is 3. The number of nitrogens with two attached hydrogens (primary N) is 4. The van der Waals surface area contributed by atoms with E-state index in [0.29, 0.717) is 50.6 Å². The number of methoxy groups -OCH3 is 1. The lowest BCUT2D eigenvalue weighted by molar-refractivity contribution is 0.414. The van der Waals surface area contributed by atoms with Crippen molar-refractivity contribution < 1.29 is 4.74 Å². The Morgan fingerprint density at radius 1 is 0.812 bits per heavy atom. The zero-order valence-corrected chi connectivity index (χ0v) is 18.5. The van der Waals surface area contributed by atoms with Gasteiger partial charge >= 0.3 is 0 Å². The molecule has 0 saturated carbocycles. The maximum atomic E-state index is 6.20. The maximum Gasteiger partial charge on any atom is 0.232 e. The number of hydrogen-bond acceptors (Lipinski definition) is 11. The number of ether oxygens (including phenoxy) is 1. The third kappa shape index (κ3) is 5.54. The molecule has 2 saturated heterocycles. The maximum absolute atomic E-state index is 6.20. The van der Waals surface area contributed by atoms with Gasteiger partial charge in [-0.1, -0.05) is 12.1 Å². The molecule has 2 aromatic rings. The zero-order chi connectivity index (χ0) is 22.7. The molecule has 0 aliphatic carbocycles. The molecule has 2 fully saturated rings. The van der Waals surface area contributed by atoms with E-state index in [2.05, 4.69) is 15.3 Å². The number of hydrogen-bond donors (Lipinski definition) is 5. The van der Waals surface area contributed by atoms with Crippen LogP contribution in [0.2, 0.25) is 0 Å². The fourth-order valence-corrected chi connectivity index (χ4v) is 4.32. The molecule has 1 aromatic carbocycles. The van der Waals surface area contributed by atoms with Gasteiger partial charge in [-0.3, -0.25) is 0 Å². The number of nitrogens with zero attached hydrogens (tertiary/aromatic N) is 5. The summed E-state index contributed by atoms with van der Waals surface area (Å²) in [4.78, 5) is 18.2. The molecular weight excluding hydrogens is 408 g/mol. The van der Waals surface area contributed by atoms with Gasteiger partial charge < -0.3 is 42.8 Å². The van der Waals surface area contributed by atoms with E-state index in [0.717, 1.165) is 24.2 Å². The molecule has 1 aromatic heterocycles. The topological polar surface area (TPSA) is 170 Å². The quantitative estimate of drug-likeness (QED) is 0.380. The molecule has 174 valence electrons. The standard InChI is InChI=1S/C21H34N10O/c1-32-18-4-2-13(3-5-18)8-26-19-27-20(30-9-14(22)6-15(23)10-30)29-21(28-19)31-11-16(24)7-17(25)12-31/h2-5,14-17H,6-12,22-25H2,1H3,(H,26,27,28,29)/t14-,15+,16-,17+. The Balaban J connectivity index is 1.58. The Kier molecular flexibility index (Phi) is 6.89. The lowest BCUT2D eigenvalue weighted by Gasteiger charge is -2.37. The smallest absolute Gasteiger partial charge is 0.232 e. The van der Waals surface area contributed by atoms with Crippen molar-refractivity contribution in [1.29, 1.82) is 0 Å². The van der Waals surface area contributed by atoms with Crippen LogP contribution >= 0.6 is 0 Å². The first-order chi connectivity index (χ1) is 15.4. The van der Waals surface area contributed by atoms with Gasteiger partial charge in [-0.25, -0.2) is 0 Å². The SMILES string of the molecule is COc1ccc(CNc2nc(N3C[C@H](N)C[C@H](N)C3)nc(N3C[C@H](N)C[C@H](N)C3)n2)cc1. The van der Waals surface area contributed by atoms with Gasteiger partial charge in [0.2, 0.25) is 17.8 Å². The average Bonchev–Trinajstić information content (AvgIpc) is 2.76. The summed E-state index contributed by atoms with van der Waals surface area (Å²) in [7, 11) is 1.65. The van der Waals surface area contributed by atoms with Crippen molar-refractivity contribution in [1.82, 2.24) is 15.0 Å². The van der Waals surface area contributed by atoms with Gasteiger partial charge in [0.15, 0.2) is 0 Å². The van der Waals surface area contributed by atoms with Crippen LogP contribution in [0, 0.1) is 0 Å². The van der Waals surface area contributed by atoms with Gasteiger partial charge in [0.1, 0.15) is 5.75 Å². The van der Waals surface area contributed by atoms with Crippen molar-refractivity contribution in [3.05, 3.63) is 29.8 Å². The average molecular weight is 443 g/mol. The first-order valence-electron chi connectivity index (χ1n) is 11.0. The van der Waals surface area contributed by atoms with Crippen molar-refractivity contribution in [2.45, 2.75) is 43.6 Å². The lowest BCUT2D eigenvalue weighted by atomic mass is 10.0. The van der Waals surface area contributed by atoms with E-state index in [1.165, 1.54) is 0 Å². The van der Waals surface area contributed by atoms with Gasteiger partial charge in [0.25, 0.3) is 0 Å². The third-order valence-corrected chi connectivity index (χ3v) is 5.82. The number of piperidine rings is 2. The highest BCUT2D eigenvalue weighted by atomic mass is 16.5. The van der Waals surface area contributed by atoms with E-state index in [-0.39, 0.29) is 24.2 Å². The highest BCUT2D eigenvalue weighted by molar-refractivity contribution is 5.47. The predicted molar refractivity (Wildman–Crippen MR) is 126 cm³/mol. The molecule has 9 N–H and O–H groups in total. The second kappa shape index (κ2) is 9.82. The molecule has 0 spiro atoms. The summed E-state index contributed by atoms with van der Waals surface area (Å²) >= 11 is 0. The molecule has 32 heavy (non-hydrogen) atoms. The van der Waals surface area contributed by atoms with Gasteiger partial charge in [-0.05, 0) is 30.5 Å². The van der Waals surface area contributed by atoms with Gasteiger partial charge in [0, 0.05) is 56.9 Å². The predicted octanol–water partition coefficient (Wildman–Crippen LogP) is -0.778. The minimum absolute atomic E-state index is 0.0218. The number of rotatable bonds is 6. The minimum atomic E-state index is -0.0218. The lowest BCUT2D eigenvalue weighted by Crippen LogP contribution is -2.54. The number of benzene rings is 1. The molecule has 11 heteroatoms. The third-order valence-electron chi connectivity index (χ3n) is 5.82. The first kappa shape index (κ1) is 22.5. The Hall–Kier alpha value is -2.73. The van der Waals surface area contributed by atoms with E-state index in [4.69, 9.17) is 32.7 Å². The van der Waals surface area contributed by atoms with Gasteiger partial charge in [-0.2, -0.15) is 15.0 Å². The fraction of sp³-hybridized carbons (Fsp3) is 0.571. The van der Waals surface area contributed by atoms with Crippen LogP contribution in [0.25, 0.3) is 0 Å². The second-order valence-electron chi connectivity index (χ2n) is 8.78. The van der Waals surface area contributed by atoms with Crippen LogP contribution < -0.4 is 42.8 Å². The van der Waals surface area contributed by atoms with Crippen LogP contribution in [0.5, 0.6) is 5.75 Å². The monoisotopic (exact) mass is 442 g/mol. The summed E-state index contributed by atoms with van der Waals surface area (Å²) in [6, 6.07) is 7.76. The van der Waals surface area contributed by atoms with E-state index in [1.54, 1.807) is 7.11 Å². The molecule has 3 heterocycles. The van der Waals surface area contributed by atoms with E-state index in [1.807, 2.05) is 34.1 Å². The van der Waals surface area contributed by atoms with Gasteiger partial charge in [-0.15, -0.1) is 0 Å².